The lowest BCUT2D eigenvalue weighted by Crippen LogP contribution is -2.43. The fraction of sp³-hybridized carbons (Fsp3) is 0.462. The summed E-state index contributed by atoms with van der Waals surface area (Å²) in [7, 11) is 0. The van der Waals surface area contributed by atoms with Gasteiger partial charge in [0.2, 0.25) is 5.91 Å². The average Bonchev–Trinajstić information content (AvgIpc) is 3.46. The van der Waals surface area contributed by atoms with Crippen LogP contribution in [0.25, 0.3) is 0 Å². The molecule has 33 heavy (non-hydrogen) atoms. The first kappa shape index (κ1) is 22.2. The number of carbonyl (C=O) groups is 2. The van der Waals surface area contributed by atoms with Gasteiger partial charge < -0.3 is 20.3 Å². The summed E-state index contributed by atoms with van der Waals surface area (Å²) in [4.78, 5) is 29.8. The normalized spacial score (nSPS) is 24.1. The van der Waals surface area contributed by atoms with E-state index in [4.69, 9.17) is 4.74 Å². The van der Waals surface area contributed by atoms with Gasteiger partial charge in [0.05, 0.1) is 30.1 Å². The number of para-hydroxylation sites is 2. The van der Waals surface area contributed by atoms with Crippen LogP contribution in [0.3, 0.4) is 0 Å². The minimum atomic E-state index is -0.298. The van der Waals surface area contributed by atoms with Gasteiger partial charge >= 0.3 is 0 Å². The van der Waals surface area contributed by atoms with E-state index in [1.54, 1.807) is 11.3 Å². The largest absolute Gasteiger partial charge is 0.376 e. The van der Waals surface area contributed by atoms with E-state index >= 15 is 0 Å². The van der Waals surface area contributed by atoms with E-state index in [1.807, 2.05) is 35.7 Å². The quantitative estimate of drug-likeness (QED) is 0.672. The van der Waals surface area contributed by atoms with E-state index in [2.05, 4.69) is 35.4 Å². The maximum Gasteiger partial charge on any atom is 0.239 e. The number of benzene rings is 1. The molecule has 0 spiro atoms. The van der Waals surface area contributed by atoms with E-state index in [0.29, 0.717) is 13.0 Å². The minimum Gasteiger partial charge on any atom is -0.376 e. The van der Waals surface area contributed by atoms with E-state index in [0.717, 1.165) is 53.4 Å². The zero-order chi connectivity index (χ0) is 23.0. The number of nitrogens with one attached hydrogen (secondary N) is 2. The predicted molar refractivity (Wildman–Crippen MR) is 132 cm³/mol. The highest BCUT2D eigenvalue weighted by molar-refractivity contribution is 7.10. The van der Waals surface area contributed by atoms with Gasteiger partial charge in [0.1, 0.15) is 0 Å². The molecule has 1 aromatic heterocycles. The zero-order valence-electron chi connectivity index (χ0n) is 19.2. The van der Waals surface area contributed by atoms with Gasteiger partial charge in [0, 0.05) is 35.7 Å². The third-order valence-electron chi connectivity index (χ3n) is 6.68. The van der Waals surface area contributed by atoms with Gasteiger partial charge in [0.25, 0.3) is 0 Å². The molecular weight excluding hydrogens is 434 g/mol. The Morgan fingerprint density at radius 3 is 2.85 bits per heavy atom. The van der Waals surface area contributed by atoms with Gasteiger partial charge in [-0.05, 0) is 48.3 Å². The van der Waals surface area contributed by atoms with Gasteiger partial charge in [0.15, 0.2) is 5.78 Å². The second-order valence-corrected chi connectivity index (χ2v) is 10.9. The lowest BCUT2D eigenvalue weighted by atomic mass is 9.74. The third kappa shape index (κ3) is 4.57. The molecule has 2 aliphatic heterocycles. The van der Waals surface area contributed by atoms with Crippen molar-refractivity contribution in [2.75, 3.05) is 29.9 Å². The van der Waals surface area contributed by atoms with Gasteiger partial charge in [-0.1, -0.05) is 32.0 Å². The van der Waals surface area contributed by atoms with Crippen LogP contribution in [0.4, 0.5) is 11.4 Å². The number of ketones is 1. The average molecular weight is 466 g/mol. The molecule has 5 rings (SSSR count). The molecule has 0 bridgehead atoms. The number of rotatable bonds is 5. The van der Waals surface area contributed by atoms with Crippen LogP contribution < -0.4 is 15.5 Å². The SMILES string of the molecule is CC1(C)CC(=O)C2=C(C1)Nc1ccccc1N(CC(=O)NCC1CCCO1)C2c1cccs1. The molecular formula is C26H31N3O3S. The molecule has 174 valence electrons. The molecule has 1 aliphatic carbocycles. The third-order valence-corrected chi connectivity index (χ3v) is 7.61. The summed E-state index contributed by atoms with van der Waals surface area (Å²) in [6, 6.07) is 11.8. The molecule has 1 aromatic carbocycles. The number of allylic oxidation sites excluding steroid dienone is 1. The lowest BCUT2D eigenvalue weighted by molar-refractivity contribution is -0.121. The summed E-state index contributed by atoms with van der Waals surface area (Å²) in [6.07, 6.45) is 3.42. The maximum absolute atomic E-state index is 13.5. The smallest absolute Gasteiger partial charge is 0.239 e. The van der Waals surface area contributed by atoms with E-state index in [1.165, 1.54) is 0 Å². The Morgan fingerprint density at radius 2 is 2.09 bits per heavy atom. The van der Waals surface area contributed by atoms with Crippen LogP contribution >= 0.6 is 11.3 Å². The van der Waals surface area contributed by atoms with Crippen LogP contribution in [0.15, 0.2) is 53.0 Å². The highest BCUT2D eigenvalue weighted by Gasteiger charge is 2.42. The second kappa shape index (κ2) is 8.95. The monoisotopic (exact) mass is 465 g/mol. The Morgan fingerprint density at radius 1 is 1.24 bits per heavy atom. The van der Waals surface area contributed by atoms with Crippen molar-refractivity contribution in [2.24, 2.45) is 5.41 Å². The van der Waals surface area contributed by atoms with Crippen molar-refractivity contribution in [1.29, 1.82) is 0 Å². The molecule has 2 unspecified atom stereocenters. The second-order valence-electron chi connectivity index (χ2n) is 9.96. The number of hydrogen-bond donors (Lipinski definition) is 2. The molecule has 1 amide bonds. The van der Waals surface area contributed by atoms with Crippen LogP contribution in [0, 0.1) is 5.41 Å². The first-order valence-electron chi connectivity index (χ1n) is 11.7. The summed E-state index contributed by atoms with van der Waals surface area (Å²) in [5, 5.41) is 8.69. The van der Waals surface area contributed by atoms with Crippen molar-refractivity contribution in [3.05, 3.63) is 57.9 Å². The predicted octanol–water partition coefficient (Wildman–Crippen LogP) is 4.66. The summed E-state index contributed by atoms with van der Waals surface area (Å²) in [5.41, 5.74) is 3.53. The van der Waals surface area contributed by atoms with Crippen molar-refractivity contribution >= 4 is 34.4 Å². The fourth-order valence-corrected chi connectivity index (χ4v) is 6.06. The summed E-state index contributed by atoms with van der Waals surface area (Å²) in [5.74, 6) is 0.0965. The van der Waals surface area contributed by atoms with Gasteiger partial charge in [-0.2, -0.15) is 0 Å². The Hall–Kier alpha value is -2.64. The number of nitrogens with zero attached hydrogens (tertiary/aromatic N) is 1. The number of ether oxygens (including phenoxy) is 1. The number of Topliss-reactive ketones (excluding diaryl/α,β-unsaturated/α-hetero) is 1. The number of anilines is 2. The lowest BCUT2D eigenvalue weighted by Gasteiger charge is -2.37. The molecule has 0 radical (unpaired) electrons. The van der Waals surface area contributed by atoms with Crippen LogP contribution in [-0.4, -0.2) is 37.5 Å². The van der Waals surface area contributed by atoms with E-state index in [9.17, 15) is 9.59 Å². The van der Waals surface area contributed by atoms with Crippen molar-refractivity contribution < 1.29 is 14.3 Å². The summed E-state index contributed by atoms with van der Waals surface area (Å²) in [6.45, 7) is 5.74. The van der Waals surface area contributed by atoms with Crippen molar-refractivity contribution in [3.8, 4) is 0 Å². The van der Waals surface area contributed by atoms with Crippen molar-refractivity contribution in [1.82, 2.24) is 5.32 Å². The van der Waals surface area contributed by atoms with Crippen molar-refractivity contribution in [2.45, 2.75) is 51.7 Å². The molecule has 1 fully saturated rings. The minimum absolute atomic E-state index is 0.0607. The van der Waals surface area contributed by atoms with Crippen molar-refractivity contribution in [3.63, 3.8) is 0 Å². The Labute approximate surface area is 199 Å². The van der Waals surface area contributed by atoms with Crippen LogP contribution in [-0.2, 0) is 14.3 Å². The highest BCUT2D eigenvalue weighted by Crippen LogP contribution is 2.48. The zero-order valence-corrected chi connectivity index (χ0v) is 20.0. The van der Waals surface area contributed by atoms with Gasteiger partial charge in [-0.3, -0.25) is 9.59 Å². The molecule has 7 heteroatoms. The summed E-state index contributed by atoms with van der Waals surface area (Å²) < 4.78 is 5.67. The number of amides is 1. The first-order valence-corrected chi connectivity index (χ1v) is 12.6. The Kier molecular flexibility index (Phi) is 6.01. The molecule has 0 saturated carbocycles. The standard InChI is InChI=1S/C26H31N3O3S/c1-26(2)13-19-24(21(30)14-26)25(22-10-6-12-33-22)29(20-9-4-3-8-18(20)28-19)16-23(31)27-15-17-7-5-11-32-17/h3-4,6,8-10,12,17,25,28H,5,7,11,13-16H2,1-2H3,(H,27,31). The van der Waals surface area contributed by atoms with Gasteiger partial charge in [-0.25, -0.2) is 0 Å². The molecule has 3 heterocycles. The molecule has 2 aromatic rings. The molecule has 1 saturated heterocycles. The summed E-state index contributed by atoms with van der Waals surface area (Å²) >= 11 is 1.63. The Balaban J connectivity index is 1.54. The molecule has 6 nitrogen and oxygen atoms in total. The highest BCUT2D eigenvalue weighted by atomic mass is 32.1. The number of carbonyl (C=O) groups excluding carboxylic acids is 2. The topological polar surface area (TPSA) is 70.7 Å². The van der Waals surface area contributed by atoms with Crippen LogP contribution in [0.2, 0.25) is 0 Å². The molecule has 3 aliphatic rings. The number of fused-ring (bicyclic) bond motifs is 1. The maximum atomic E-state index is 13.5. The number of thiophene rings is 1. The van der Waals surface area contributed by atoms with Crippen LogP contribution in [0.5, 0.6) is 0 Å². The van der Waals surface area contributed by atoms with Crippen LogP contribution in [0.1, 0.15) is 50.4 Å². The molecule has 2 atom stereocenters. The molecule has 2 N–H and O–H groups in total. The fourth-order valence-electron chi connectivity index (χ4n) is 5.21. The number of hydrogen-bond acceptors (Lipinski definition) is 6. The Bertz CT molecular complexity index is 1070. The van der Waals surface area contributed by atoms with Gasteiger partial charge in [-0.15, -0.1) is 11.3 Å². The first-order chi connectivity index (χ1) is 15.9. The van der Waals surface area contributed by atoms with E-state index < -0.39 is 0 Å². The van der Waals surface area contributed by atoms with E-state index in [-0.39, 0.29) is 35.8 Å².